The van der Waals surface area contributed by atoms with Gasteiger partial charge in [0.25, 0.3) is 5.91 Å². The molecule has 0 bridgehead atoms. The number of aryl methyl sites for hydroxylation is 1. The molecule has 1 saturated heterocycles. The number of imidazole rings is 1. The summed E-state index contributed by atoms with van der Waals surface area (Å²) in [6.07, 6.45) is 4.40. The van der Waals surface area contributed by atoms with Crippen molar-refractivity contribution in [2.45, 2.75) is 19.4 Å². The molecule has 7 heteroatoms. The number of imide groups is 1. The number of anilines is 1. The Hall–Kier alpha value is -3.74. The highest BCUT2D eigenvalue weighted by molar-refractivity contribution is 6.14. The maximum Gasteiger partial charge on any atom is 0.329 e. The molecule has 2 N–H and O–H groups in total. The number of carbonyl (C=O) groups excluding carboxylic acids is 2. The first-order chi connectivity index (χ1) is 13.6. The summed E-state index contributed by atoms with van der Waals surface area (Å²) in [5, 5.41) is 2.42. The van der Waals surface area contributed by atoms with Crippen molar-refractivity contribution in [2.24, 2.45) is 4.99 Å². The number of rotatable bonds is 3. The third-order valence-electron chi connectivity index (χ3n) is 5.05. The lowest BCUT2D eigenvalue weighted by Crippen LogP contribution is -2.29. The van der Waals surface area contributed by atoms with Crippen LogP contribution in [0.25, 0.3) is 11.4 Å². The van der Waals surface area contributed by atoms with Crippen LogP contribution in [-0.4, -0.2) is 28.1 Å². The maximum atomic E-state index is 12.5. The average molecular weight is 371 g/mol. The number of urea groups is 1. The minimum absolute atomic E-state index is 0.337. The second-order valence-electron chi connectivity index (χ2n) is 6.93. The van der Waals surface area contributed by atoms with Crippen LogP contribution < -0.4 is 10.2 Å². The van der Waals surface area contributed by atoms with Crippen LogP contribution in [0.3, 0.4) is 0 Å². The molecule has 0 radical (unpaired) electrons. The molecule has 3 aromatic rings. The third-order valence-corrected chi connectivity index (χ3v) is 5.05. The second kappa shape index (κ2) is 6.16. The molecule has 1 fully saturated rings. The van der Waals surface area contributed by atoms with Crippen molar-refractivity contribution >= 4 is 29.5 Å². The lowest BCUT2D eigenvalue weighted by Gasteiger charge is -2.22. The van der Waals surface area contributed by atoms with Crippen molar-refractivity contribution in [3.05, 3.63) is 65.5 Å². The minimum Gasteiger partial charge on any atom is -0.342 e. The predicted octanol–water partition coefficient (Wildman–Crippen LogP) is 3.44. The molecule has 0 saturated carbocycles. The molecule has 28 heavy (non-hydrogen) atoms. The third kappa shape index (κ3) is 2.60. The number of hydrogen-bond acceptors (Lipinski definition) is 4. The van der Waals surface area contributed by atoms with Gasteiger partial charge < -0.3 is 4.98 Å². The number of hydrogen-bond donors (Lipinski definition) is 2. The molecule has 3 heterocycles. The Bertz CT molecular complexity index is 1130. The molecule has 1 atom stereocenters. The van der Waals surface area contributed by atoms with Crippen LogP contribution in [0.15, 0.2) is 53.7 Å². The summed E-state index contributed by atoms with van der Waals surface area (Å²) in [5.74, 6) is 0.430. The molecule has 2 aromatic carbocycles. The van der Waals surface area contributed by atoms with Gasteiger partial charge in [0, 0.05) is 35.8 Å². The zero-order valence-electron chi connectivity index (χ0n) is 15.1. The van der Waals surface area contributed by atoms with E-state index in [9.17, 15) is 9.59 Å². The van der Waals surface area contributed by atoms with Gasteiger partial charge in [-0.1, -0.05) is 30.3 Å². The van der Waals surface area contributed by atoms with E-state index in [1.54, 1.807) is 6.20 Å². The van der Waals surface area contributed by atoms with Gasteiger partial charge in [-0.05, 0) is 30.2 Å². The molecule has 5 rings (SSSR count). The molecule has 1 unspecified atom stereocenters. The minimum atomic E-state index is -0.719. The van der Waals surface area contributed by atoms with Crippen LogP contribution in [0, 0.1) is 6.92 Å². The largest absolute Gasteiger partial charge is 0.342 e. The smallest absolute Gasteiger partial charge is 0.329 e. The summed E-state index contributed by atoms with van der Waals surface area (Å²) >= 11 is 0. The SMILES string of the molecule is Cc1cnc(-c2ccc(C3C(=O)NC(=O)N3c3ccc4c(c3)N=CC4)cc2)[nH]1. The summed E-state index contributed by atoms with van der Waals surface area (Å²) in [4.78, 5) is 38.4. The van der Waals surface area contributed by atoms with Crippen molar-refractivity contribution in [3.8, 4) is 11.4 Å². The zero-order chi connectivity index (χ0) is 19.3. The Morgan fingerprint density at radius 2 is 1.93 bits per heavy atom. The van der Waals surface area contributed by atoms with E-state index in [0.29, 0.717) is 5.69 Å². The van der Waals surface area contributed by atoms with E-state index < -0.39 is 12.1 Å². The Balaban J connectivity index is 1.51. The van der Waals surface area contributed by atoms with E-state index >= 15 is 0 Å². The molecule has 7 nitrogen and oxygen atoms in total. The monoisotopic (exact) mass is 371 g/mol. The summed E-state index contributed by atoms with van der Waals surface area (Å²) in [6.45, 7) is 1.94. The molecular formula is C21H17N5O2. The summed E-state index contributed by atoms with van der Waals surface area (Å²) in [6, 6.07) is 12.0. The number of benzene rings is 2. The number of H-pyrrole nitrogens is 1. The normalized spacial score (nSPS) is 17.9. The van der Waals surface area contributed by atoms with Crippen molar-refractivity contribution in [1.29, 1.82) is 0 Å². The molecule has 0 spiro atoms. The summed E-state index contributed by atoms with van der Waals surface area (Å²) in [7, 11) is 0. The van der Waals surface area contributed by atoms with Crippen LogP contribution in [0.1, 0.15) is 22.9 Å². The topological polar surface area (TPSA) is 90.4 Å². The lowest BCUT2D eigenvalue weighted by molar-refractivity contribution is -0.119. The highest BCUT2D eigenvalue weighted by Crippen LogP contribution is 2.36. The lowest BCUT2D eigenvalue weighted by atomic mass is 10.0. The van der Waals surface area contributed by atoms with Gasteiger partial charge in [0.2, 0.25) is 0 Å². The van der Waals surface area contributed by atoms with Crippen molar-refractivity contribution in [1.82, 2.24) is 15.3 Å². The zero-order valence-corrected chi connectivity index (χ0v) is 15.1. The average Bonchev–Trinajstić information content (AvgIpc) is 3.40. The molecule has 1 aromatic heterocycles. The van der Waals surface area contributed by atoms with E-state index in [4.69, 9.17) is 0 Å². The number of nitrogens with one attached hydrogen (secondary N) is 2. The predicted molar refractivity (Wildman–Crippen MR) is 106 cm³/mol. The van der Waals surface area contributed by atoms with Crippen LogP contribution in [-0.2, 0) is 11.2 Å². The fourth-order valence-electron chi connectivity index (χ4n) is 3.66. The fraction of sp³-hybridized carbons (Fsp3) is 0.143. The van der Waals surface area contributed by atoms with Crippen LogP contribution in [0.2, 0.25) is 0 Å². The first kappa shape index (κ1) is 16.4. The van der Waals surface area contributed by atoms with E-state index in [2.05, 4.69) is 20.3 Å². The Labute approximate surface area is 161 Å². The van der Waals surface area contributed by atoms with Crippen molar-refractivity contribution in [2.75, 3.05) is 4.90 Å². The van der Waals surface area contributed by atoms with Gasteiger partial charge in [0.05, 0.1) is 5.69 Å². The van der Waals surface area contributed by atoms with Gasteiger partial charge in [-0.3, -0.25) is 20.0 Å². The molecule has 2 aliphatic heterocycles. The van der Waals surface area contributed by atoms with E-state index in [-0.39, 0.29) is 5.91 Å². The highest BCUT2D eigenvalue weighted by Gasteiger charge is 2.40. The standard InChI is InChI=1S/C21H17N5O2/c1-12-11-23-19(24-12)15-4-2-14(3-5-15)18-20(27)25-21(28)26(18)16-7-6-13-8-9-22-17(13)10-16/h2-7,9-11,18H,8H2,1H3,(H,23,24)(H,25,27,28). The number of aromatic amines is 1. The van der Waals surface area contributed by atoms with Crippen molar-refractivity contribution < 1.29 is 9.59 Å². The molecule has 138 valence electrons. The molecular weight excluding hydrogens is 354 g/mol. The first-order valence-electron chi connectivity index (χ1n) is 9.01. The number of aromatic nitrogens is 2. The number of carbonyl (C=O) groups is 2. The van der Waals surface area contributed by atoms with Crippen molar-refractivity contribution in [3.63, 3.8) is 0 Å². The van der Waals surface area contributed by atoms with E-state index in [1.165, 1.54) is 4.90 Å². The first-order valence-corrected chi connectivity index (χ1v) is 9.01. The summed E-state index contributed by atoms with van der Waals surface area (Å²) < 4.78 is 0. The van der Waals surface area contributed by atoms with Crippen LogP contribution in [0.4, 0.5) is 16.2 Å². The Morgan fingerprint density at radius 1 is 1.11 bits per heavy atom. The number of fused-ring (bicyclic) bond motifs is 1. The molecule has 2 aliphatic rings. The van der Waals surface area contributed by atoms with Gasteiger partial charge in [-0.25, -0.2) is 9.78 Å². The quantitative estimate of drug-likeness (QED) is 0.691. The van der Waals surface area contributed by atoms with Crippen LogP contribution in [0.5, 0.6) is 0 Å². The van der Waals surface area contributed by atoms with E-state index in [0.717, 1.165) is 40.3 Å². The van der Waals surface area contributed by atoms with E-state index in [1.807, 2.05) is 55.6 Å². The molecule has 0 aliphatic carbocycles. The fourth-order valence-corrected chi connectivity index (χ4v) is 3.66. The van der Waals surface area contributed by atoms with Gasteiger partial charge in [0.15, 0.2) is 0 Å². The summed E-state index contributed by atoms with van der Waals surface area (Å²) in [5.41, 5.74) is 5.23. The number of aliphatic imine (C=N–C) groups is 1. The van der Waals surface area contributed by atoms with Crippen LogP contribution >= 0.6 is 0 Å². The second-order valence-corrected chi connectivity index (χ2v) is 6.93. The van der Waals surface area contributed by atoms with Gasteiger partial charge in [-0.2, -0.15) is 0 Å². The van der Waals surface area contributed by atoms with Gasteiger partial charge >= 0.3 is 6.03 Å². The van der Waals surface area contributed by atoms with Gasteiger partial charge in [0.1, 0.15) is 11.9 Å². The molecule has 3 amide bonds. The number of nitrogens with zero attached hydrogens (tertiary/aromatic N) is 3. The van der Waals surface area contributed by atoms with Gasteiger partial charge in [-0.15, -0.1) is 0 Å². The maximum absolute atomic E-state index is 12.5. The Kier molecular flexibility index (Phi) is 3.61. The number of amides is 3. The highest BCUT2D eigenvalue weighted by atomic mass is 16.2. The Morgan fingerprint density at radius 3 is 2.68 bits per heavy atom.